The van der Waals surface area contributed by atoms with Crippen LogP contribution >= 0.6 is 11.6 Å². The zero-order chi connectivity index (χ0) is 23.6. The molecule has 0 saturated heterocycles. The minimum absolute atomic E-state index is 0.0886. The summed E-state index contributed by atoms with van der Waals surface area (Å²) in [5.74, 6) is 1.19. The molecule has 0 radical (unpaired) electrons. The quantitative estimate of drug-likeness (QED) is 0.323. The van der Waals surface area contributed by atoms with E-state index >= 15 is 0 Å². The van der Waals surface area contributed by atoms with Gasteiger partial charge in [0.2, 0.25) is 0 Å². The van der Waals surface area contributed by atoms with Crippen LogP contribution in [0.3, 0.4) is 0 Å². The Morgan fingerprint density at radius 3 is 2.61 bits per heavy atom. The number of para-hydroxylation sites is 1. The van der Waals surface area contributed by atoms with Crippen LogP contribution in [0.4, 0.5) is 0 Å². The van der Waals surface area contributed by atoms with Crippen molar-refractivity contribution in [2.75, 3.05) is 27.1 Å². The first-order valence-corrected chi connectivity index (χ1v) is 12.7. The lowest BCUT2D eigenvalue weighted by Crippen LogP contribution is -2.13. The standard InChI is InChI=1S/C24H26ClNO6S/c1-29-22-9-4-7-17(24(22)30-2)23-18-15-16(25)11-12-19(18)26-13-5-8-20(26)21(32-23)10-6-14-31-33(3,27)28/h4-5,7-9,11-13,15,21,23H,6,10,14H2,1-3H3/t21-,23-/m1/s1. The number of ether oxygens (including phenoxy) is 3. The van der Waals surface area contributed by atoms with Crippen LogP contribution in [0.2, 0.25) is 5.02 Å². The second-order valence-electron chi connectivity index (χ2n) is 7.76. The second-order valence-corrected chi connectivity index (χ2v) is 9.84. The Balaban J connectivity index is 1.78. The van der Waals surface area contributed by atoms with Gasteiger partial charge in [0.15, 0.2) is 11.5 Å². The molecule has 4 rings (SSSR count). The Morgan fingerprint density at radius 1 is 1.06 bits per heavy atom. The summed E-state index contributed by atoms with van der Waals surface area (Å²) in [7, 11) is -0.302. The molecule has 0 aliphatic carbocycles. The maximum absolute atomic E-state index is 11.3. The molecule has 9 heteroatoms. The summed E-state index contributed by atoms with van der Waals surface area (Å²) in [4.78, 5) is 0. The highest BCUT2D eigenvalue weighted by molar-refractivity contribution is 7.85. The lowest BCUT2D eigenvalue weighted by Gasteiger charge is -2.25. The number of rotatable bonds is 8. The minimum atomic E-state index is -3.49. The van der Waals surface area contributed by atoms with E-state index in [2.05, 4.69) is 4.57 Å². The number of nitrogens with zero attached hydrogens (tertiary/aromatic N) is 1. The summed E-state index contributed by atoms with van der Waals surface area (Å²) in [5.41, 5.74) is 3.61. The third-order valence-electron chi connectivity index (χ3n) is 5.57. The maximum Gasteiger partial charge on any atom is 0.264 e. The van der Waals surface area contributed by atoms with Gasteiger partial charge in [0.1, 0.15) is 6.10 Å². The second kappa shape index (κ2) is 9.77. The van der Waals surface area contributed by atoms with Gasteiger partial charge < -0.3 is 18.8 Å². The molecule has 0 N–H and O–H groups in total. The van der Waals surface area contributed by atoms with Crippen LogP contribution in [-0.2, 0) is 19.0 Å². The van der Waals surface area contributed by atoms with Gasteiger partial charge in [-0.15, -0.1) is 0 Å². The van der Waals surface area contributed by atoms with Crippen LogP contribution in [0.25, 0.3) is 5.69 Å². The SMILES string of the molecule is COc1cccc([C@H]2O[C@H](CCCOS(C)(=O)=O)c3cccn3-c3ccc(Cl)cc32)c1OC. The van der Waals surface area contributed by atoms with Gasteiger partial charge in [-0.25, -0.2) is 0 Å². The maximum atomic E-state index is 11.3. The van der Waals surface area contributed by atoms with E-state index in [9.17, 15) is 8.42 Å². The number of hydrogen-bond donors (Lipinski definition) is 0. The Kier molecular flexibility index (Phi) is 6.99. The minimum Gasteiger partial charge on any atom is -0.493 e. The zero-order valence-corrected chi connectivity index (χ0v) is 20.2. The first kappa shape index (κ1) is 23.6. The van der Waals surface area contributed by atoms with Gasteiger partial charge >= 0.3 is 0 Å². The molecule has 0 bridgehead atoms. The van der Waals surface area contributed by atoms with Crippen LogP contribution < -0.4 is 9.47 Å². The van der Waals surface area contributed by atoms with E-state index in [0.29, 0.717) is 29.4 Å². The highest BCUT2D eigenvalue weighted by Gasteiger charge is 2.32. The molecular weight excluding hydrogens is 466 g/mol. The van der Waals surface area contributed by atoms with Crippen molar-refractivity contribution in [2.24, 2.45) is 0 Å². The van der Waals surface area contributed by atoms with E-state index in [0.717, 1.165) is 28.8 Å². The van der Waals surface area contributed by atoms with E-state index in [1.807, 2.05) is 54.7 Å². The predicted octanol–water partition coefficient (Wildman–Crippen LogP) is 5.07. The molecular formula is C24H26ClNO6S. The van der Waals surface area contributed by atoms with Crippen molar-refractivity contribution >= 4 is 21.7 Å². The highest BCUT2D eigenvalue weighted by atomic mass is 35.5. The summed E-state index contributed by atoms with van der Waals surface area (Å²) in [6, 6.07) is 15.4. The van der Waals surface area contributed by atoms with Crippen molar-refractivity contribution in [3.8, 4) is 17.2 Å². The molecule has 2 atom stereocenters. The molecule has 0 fully saturated rings. The first-order chi connectivity index (χ1) is 15.8. The predicted molar refractivity (Wildman–Crippen MR) is 126 cm³/mol. The number of methoxy groups -OCH3 is 2. The molecule has 1 aliphatic rings. The normalized spacial score (nSPS) is 17.7. The molecule has 0 saturated carbocycles. The largest absolute Gasteiger partial charge is 0.493 e. The van der Waals surface area contributed by atoms with Crippen molar-refractivity contribution < 1.29 is 26.8 Å². The lowest BCUT2D eigenvalue weighted by molar-refractivity contribution is -0.00155. The van der Waals surface area contributed by atoms with Crippen LogP contribution in [-0.4, -0.2) is 40.1 Å². The van der Waals surface area contributed by atoms with Crippen molar-refractivity contribution in [1.82, 2.24) is 4.57 Å². The lowest BCUT2D eigenvalue weighted by atomic mass is 9.98. The van der Waals surface area contributed by atoms with Gasteiger partial charge in [-0.3, -0.25) is 4.18 Å². The number of halogens is 1. The van der Waals surface area contributed by atoms with Crippen molar-refractivity contribution in [2.45, 2.75) is 25.0 Å². The molecule has 1 aromatic heterocycles. The molecule has 33 heavy (non-hydrogen) atoms. The molecule has 176 valence electrons. The van der Waals surface area contributed by atoms with Crippen molar-refractivity contribution in [3.05, 3.63) is 76.6 Å². The molecule has 0 unspecified atom stereocenters. The fraction of sp³-hybridized carbons (Fsp3) is 0.333. The van der Waals surface area contributed by atoms with Crippen LogP contribution in [0, 0.1) is 0 Å². The fourth-order valence-electron chi connectivity index (χ4n) is 4.19. The number of aromatic nitrogens is 1. The van der Waals surface area contributed by atoms with Gasteiger partial charge in [0.25, 0.3) is 10.1 Å². The van der Waals surface area contributed by atoms with Crippen LogP contribution in [0.15, 0.2) is 54.7 Å². The average molecular weight is 492 g/mol. The summed E-state index contributed by atoms with van der Waals surface area (Å²) >= 11 is 6.40. The smallest absolute Gasteiger partial charge is 0.264 e. The molecule has 2 aromatic carbocycles. The number of fused-ring (bicyclic) bond motifs is 3. The Hall–Kier alpha value is -2.52. The van der Waals surface area contributed by atoms with E-state index in [1.165, 1.54) is 0 Å². The van der Waals surface area contributed by atoms with Gasteiger partial charge in [-0.05, 0) is 49.2 Å². The third-order valence-corrected chi connectivity index (χ3v) is 6.40. The molecule has 1 aliphatic heterocycles. The van der Waals surface area contributed by atoms with E-state index < -0.39 is 16.2 Å². The molecule has 3 aromatic rings. The molecule has 0 amide bonds. The molecule has 0 spiro atoms. The number of hydrogen-bond acceptors (Lipinski definition) is 6. The highest BCUT2D eigenvalue weighted by Crippen LogP contribution is 2.46. The van der Waals surface area contributed by atoms with Gasteiger partial charge in [-0.2, -0.15) is 8.42 Å². The summed E-state index contributed by atoms with van der Waals surface area (Å²) in [5, 5.41) is 0.595. The van der Waals surface area contributed by atoms with E-state index in [-0.39, 0.29) is 12.7 Å². The van der Waals surface area contributed by atoms with Crippen molar-refractivity contribution in [1.29, 1.82) is 0 Å². The summed E-state index contributed by atoms with van der Waals surface area (Å²) in [6.07, 6.45) is 3.27. The van der Waals surface area contributed by atoms with Crippen LogP contribution in [0.5, 0.6) is 11.5 Å². The molecule has 2 heterocycles. The molecule has 7 nitrogen and oxygen atoms in total. The zero-order valence-electron chi connectivity index (χ0n) is 18.7. The average Bonchev–Trinajstić information content (AvgIpc) is 3.22. The van der Waals surface area contributed by atoms with Gasteiger partial charge in [0.05, 0.1) is 44.6 Å². The summed E-state index contributed by atoms with van der Waals surface area (Å²) in [6.45, 7) is 0.0886. The van der Waals surface area contributed by atoms with E-state index in [4.69, 9.17) is 30.0 Å². The topological polar surface area (TPSA) is 76.0 Å². The van der Waals surface area contributed by atoms with Crippen molar-refractivity contribution in [3.63, 3.8) is 0 Å². The van der Waals surface area contributed by atoms with Crippen LogP contribution in [0.1, 0.15) is 41.9 Å². The Morgan fingerprint density at radius 2 is 1.88 bits per heavy atom. The van der Waals surface area contributed by atoms with Gasteiger partial charge in [0, 0.05) is 22.3 Å². The van der Waals surface area contributed by atoms with Gasteiger partial charge in [-0.1, -0.05) is 23.7 Å². The fourth-order valence-corrected chi connectivity index (χ4v) is 4.79. The number of benzene rings is 2. The Bertz CT molecular complexity index is 1240. The van der Waals surface area contributed by atoms with E-state index in [1.54, 1.807) is 14.2 Å². The monoisotopic (exact) mass is 491 g/mol. The summed E-state index contributed by atoms with van der Waals surface area (Å²) < 4.78 is 47.6. The Labute approximate surface area is 198 Å². The first-order valence-electron chi connectivity index (χ1n) is 10.5. The third kappa shape index (κ3) is 5.04.